The second-order valence-electron chi connectivity index (χ2n) is 6.71. The number of hydrogen-bond acceptors (Lipinski definition) is 0. The lowest BCUT2D eigenvalue weighted by atomic mass is 9.70. The van der Waals surface area contributed by atoms with Crippen molar-refractivity contribution in [2.45, 2.75) is 63.9 Å². The molecule has 0 N–H and O–H groups in total. The number of rotatable bonds is 0. The summed E-state index contributed by atoms with van der Waals surface area (Å²) in [5, 5.41) is 0. The molecule has 0 aromatic carbocycles. The van der Waals surface area contributed by atoms with E-state index in [9.17, 15) is 0 Å². The molecule has 2 saturated carbocycles. The van der Waals surface area contributed by atoms with E-state index in [1.54, 1.807) is 44.7 Å². The summed E-state index contributed by atoms with van der Waals surface area (Å²) in [7, 11) is 1.33. The van der Waals surface area contributed by atoms with Crippen LogP contribution in [0.2, 0.25) is 0 Å². The Kier molecular flexibility index (Phi) is 3.58. The lowest BCUT2D eigenvalue weighted by Crippen LogP contribution is -2.34. The van der Waals surface area contributed by atoms with Crippen LogP contribution in [0.3, 0.4) is 0 Å². The van der Waals surface area contributed by atoms with Crippen LogP contribution in [0.1, 0.15) is 58.3 Å². The molecule has 0 aromatic heterocycles. The van der Waals surface area contributed by atoms with E-state index in [-0.39, 0.29) is 0 Å². The molecule has 3 rings (SSSR count). The molecule has 16 heavy (non-hydrogen) atoms. The van der Waals surface area contributed by atoms with Gasteiger partial charge in [0, 0.05) is 0 Å². The van der Waals surface area contributed by atoms with Crippen LogP contribution in [0.4, 0.5) is 0 Å². The van der Waals surface area contributed by atoms with Crippen LogP contribution in [0, 0.1) is 23.7 Å². The van der Waals surface area contributed by atoms with Gasteiger partial charge in [-0.2, -0.15) is 0 Å². The molecule has 1 aliphatic heterocycles. The van der Waals surface area contributed by atoms with Gasteiger partial charge in [-0.05, 0) is 74.0 Å². The summed E-state index contributed by atoms with van der Waals surface area (Å²) in [5.41, 5.74) is 1.17. The van der Waals surface area contributed by atoms with Crippen LogP contribution in [0.15, 0.2) is 0 Å². The van der Waals surface area contributed by atoms with Crippen LogP contribution in [-0.2, 0) is 0 Å². The molecule has 3 aliphatic rings. The second-order valence-corrected chi connectivity index (χ2v) is 8.36. The third-order valence-corrected chi connectivity index (χ3v) is 7.49. The molecule has 1 heterocycles. The van der Waals surface area contributed by atoms with Gasteiger partial charge in [0.2, 0.25) is 0 Å². The van der Waals surface area contributed by atoms with E-state index in [0.29, 0.717) is 0 Å². The average Bonchev–Trinajstić information content (AvgIpc) is 2.49. The Balaban J connectivity index is 1.67. The lowest BCUT2D eigenvalue weighted by Gasteiger charge is -2.43. The predicted molar refractivity (Wildman–Crippen MR) is 73.5 cm³/mol. The maximum absolute atomic E-state index is 2.48. The highest BCUT2D eigenvalue weighted by molar-refractivity contribution is 7.39. The summed E-state index contributed by atoms with van der Waals surface area (Å²) in [6, 6.07) is 0. The topological polar surface area (TPSA) is 0 Å². The molecule has 1 saturated heterocycles. The molecule has 1 heteroatoms. The van der Waals surface area contributed by atoms with Crippen LogP contribution >= 0.6 is 8.58 Å². The van der Waals surface area contributed by atoms with E-state index in [1.165, 1.54) is 27.1 Å². The maximum atomic E-state index is 2.48. The van der Waals surface area contributed by atoms with Crippen molar-refractivity contribution in [3.63, 3.8) is 0 Å². The third-order valence-electron chi connectivity index (χ3n) is 5.62. The Morgan fingerprint density at radius 3 is 2.38 bits per heavy atom. The van der Waals surface area contributed by atoms with Gasteiger partial charge in [-0.25, -0.2) is 0 Å². The molecule has 0 bridgehead atoms. The Morgan fingerprint density at radius 2 is 1.56 bits per heavy atom. The Bertz CT molecular complexity index is 214. The van der Waals surface area contributed by atoms with Gasteiger partial charge >= 0.3 is 0 Å². The smallest absolute Gasteiger partial charge is 0.0205 e. The van der Waals surface area contributed by atoms with Crippen molar-refractivity contribution in [3.05, 3.63) is 0 Å². The van der Waals surface area contributed by atoms with E-state index < -0.39 is 0 Å². The zero-order valence-corrected chi connectivity index (χ0v) is 11.8. The van der Waals surface area contributed by atoms with Crippen molar-refractivity contribution in [1.82, 2.24) is 0 Å². The minimum atomic E-state index is 1.02. The fourth-order valence-corrected chi connectivity index (χ4v) is 6.41. The van der Waals surface area contributed by atoms with E-state index >= 15 is 0 Å². The molecule has 0 aromatic rings. The van der Waals surface area contributed by atoms with Gasteiger partial charge in [0.05, 0.1) is 0 Å². The van der Waals surface area contributed by atoms with Gasteiger partial charge in [-0.1, -0.05) is 19.8 Å². The summed E-state index contributed by atoms with van der Waals surface area (Å²) in [5.74, 6) is 4.45. The molecular weight excluding hydrogens is 211 g/mol. The molecule has 0 radical (unpaired) electrons. The molecule has 0 amide bonds. The molecular formula is C15H27P. The highest BCUT2D eigenvalue weighted by Gasteiger charge is 2.38. The lowest BCUT2D eigenvalue weighted by molar-refractivity contribution is 0.165. The first kappa shape index (κ1) is 11.5. The summed E-state index contributed by atoms with van der Waals surface area (Å²) in [6.07, 6.45) is 14.1. The van der Waals surface area contributed by atoms with Crippen LogP contribution in [0.5, 0.6) is 0 Å². The predicted octanol–water partition coefficient (Wildman–Crippen LogP) is 4.68. The van der Waals surface area contributed by atoms with Crippen LogP contribution in [0.25, 0.3) is 0 Å². The zero-order chi connectivity index (χ0) is 11.0. The van der Waals surface area contributed by atoms with Crippen LogP contribution in [-0.4, -0.2) is 11.8 Å². The maximum Gasteiger partial charge on any atom is -0.0205 e. The van der Waals surface area contributed by atoms with Gasteiger partial charge in [-0.3, -0.25) is 0 Å². The highest BCUT2D eigenvalue weighted by Crippen LogP contribution is 2.51. The fourth-order valence-electron chi connectivity index (χ4n) is 4.53. The molecule has 3 fully saturated rings. The van der Waals surface area contributed by atoms with E-state index in [4.69, 9.17) is 0 Å². The summed E-state index contributed by atoms with van der Waals surface area (Å²) < 4.78 is 0. The van der Waals surface area contributed by atoms with Crippen LogP contribution < -0.4 is 0 Å². The van der Waals surface area contributed by atoms with Crippen molar-refractivity contribution in [2.75, 3.05) is 6.16 Å². The second kappa shape index (κ2) is 4.97. The van der Waals surface area contributed by atoms with E-state index in [1.807, 2.05) is 0 Å². The molecule has 92 valence electrons. The summed E-state index contributed by atoms with van der Waals surface area (Å²) in [6.45, 7) is 2.48. The average molecular weight is 238 g/mol. The standard InChI is InChI=1S/C15H27P/c1-11-4-6-12-9-14-3-2-8-16-15(14)10-13(12)7-5-11/h11-16H,2-10H2,1H3. The van der Waals surface area contributed by atoms with Gasteiger partial charge in [0.25, 0.3) is 0 Å². The van der Waals surface area contributed by atoms with Crippen molar-refractivity contribution in [2.24, 2.45) is 23.7 Å². The van der Waals surface area contributed by atoms with E-state index in [0.717, 1.165) is 23.7 Å². The van der Waals surface area contributed by atoms with Gasteiger partial charge < -0.3 is 0 Å². The Labute approximate surface area is 103 Å². The first-order valence-corrected chi connectivity index (χ1v) is 8.84. The van der Waals surface area contributed by atoms with Crippen molar-refractivity contribution < 1.29 is 0 Å². The Morgan fingerprint density at radius 1 is 0.812 bits per heavy atom. The quantitative estimate of drug-likeness (QED) is 0.537. The minimum Gasteiger partial charge on any atom is -0.119 e. The minimum absolute atomic E-state index is 1.02. The normalized spacial score (nSPS) is 50.4. The highest BCUT2D eigenvalue weighted by atomic mass is 31.1. The molecule has 0 nitrogen and oxygen atoms in total. The molecule has 2 aliphatic carbocycles. The van der Waals surface area contributed by atoms with Gasteiger partial charge in [0.1, 0.15) is 0 Å². The van der Waals surface area contributed by atoms with Crippen molar-refractivity contribution in [1.29, 1.82) is 0 Å². The van der Waals surface area contributed by atoms with E-state index in [2.05, 4.69) is 6.92 Å². The van der Waals surface area contributed by atoms with Crippen molar-refractivity contribution in [3.8, 4) is 0 Å². The molecule has 6 unspecified atom stereocenters. The number of hydrogen-bond donors (Lipinski definition) is 0. The Hall–Kier alpha value is 0.430. The fraction of sp³-hybridized carbons (Fsp3) is 1.00. The molecule has 0 spiro atoms. The van der Waals surface area contributed by atoms with Gasteiger partial charge in [0.15, 0.2) is 0 Å². The van der Waals surface area contributed by atoms with Crippen molar-refractivity contribution >= 4 is 8.58 Å². The first-order valence-electron chi connectivity index (χ1n) is 7.56. The largest absolute Gasteiger partial charge is 0.119 e. The number of fused-ring (bicyclic) bond motifs is 2. The third kappa shape index (κ3) is 2.33. The summed E-state index contributed by atoms with van der Waals surface area (Å²) >= 11 is 0. The summed E-state index contributed by atoms with van der Waals surface area (Å²) in [4.78, 5) is 0. The SMILES string of the molecule is CC1CCC2CC3CCCPC3CC2CC1. The van der Waals surface area contributed by atoms with Gasteiger partial charge in [-0.15, -0.1) is 8.58 Å². The monoisotopic (exact) mass is 238 g/mol. The zero-order valence-electron chi connectivity index (χ0n) is 10.8. The molecule has 6 atom stereocenters. The first-order chi connectivity index (χ1) is 7.83.